The molecule has 0 aliphatic carbocycles. The number of hydrogen-bond acceptors (Lipinski definition) is 3. The Labute approximate surface area is 154 Å². The van der Waals surface area contributed by atoms with Gasteiger partial charge in [0.1, 0.15) is 0 Å². The van der Waals surface area contributed by atoms with Gasteiger partial charge in [0.25, 0.3) is 0 Å². The number of likely N-dealkylation sites (tertiary alicyclic amines) is 1. The maximum atomic E-state index is 12.8. The van der Waals surface area contributed by atoms with Gasteiger partial charge in [0, 0.05) is 62.3 Å². The third-order valence-corrected chi connectivity index (χ3v) is 5.50. The fourth-order valence-electron chi connectivity index (χ4n) is 3.72. The highest BCUT2D eigenvalue weighted by Crippen LogP contribution is 2.24. The van der Waals surface area contributed by atoms with Crippen LogP contribution in [0.3, 0.4) is 0 Å². The summed E-state index contributed by atoms with van der Waals surface area (Å²) in [5.74, 6) is 0.522. The van der Waals surface area contributed by atoms with Gasteiger partial charge in [-0.05, 0) is 31.0 Å². The molecule has 136 valence electrons. The molecule has 0 radical (unpaired) electrons. The Kier molecular flexibility index (Phi) is 5.84. The number of anilines is 1. The first kappa shape index (κ1) is 18.1. The maximum Gasteiger partial charge on any atom is 0.225 e. The van der Waals surface area contributed by atoms with Crippen LogP contribution in [-0.4, -0.2) is 60.9 Å². The zero-order chi connectivity index (χ0) is 17.8. The van der Waals surface area contributed by atoms with E-state index in [4.69, 9.17) is 11.6 Å². The number of amides is 2. The van der Waals surface area contributed by atoms with Crippen molar-refractivity contribution in [1.29, 1.82) is 0 Å². The highest BCUT2D eigenvalue weighted by Gasteiger charge is 2.31. The van der Waals surface area contributed by atoms with Crippen LogP contribution in [0.1, 0.15) is 26.2 Å². The van der Waals surface area contributed by atoms with Crippen LogP contribution in [0.5, 0.6) is 0 Å². The summed E-state index contributed by atoms with van der Waals surface area (Å²) in [6.45, 7) is 6.48. The van der Waals surface area contributed by atoms with Crippen LogP contribution in [0.2, 0.25) is 5.02 Å². The summed E-state index contributed by atoms with van der Waals surface area (Å²) in [6, 6.07) is 7.87. The van der Waals surface area contributed by atoms with Gasteiger partial charge in [0.15, 0.2) is 0 Å². The van der Waals surface area contributed by atoms with E-state index < -0.39 is 0 Å². The lowest BCUT2D eigenvalue weighted by atomic mass is 9.94. The van der Waals surface area contributed by atoms with E-state index in [1.165, 1.54) is 0 Å². The number of rotatable bonds is 3. The van der Waals surface area contributed by atoms with Crippen LogP contribution >= 0.6 is 11.6 Å². The Hall–Kier alpha value is -1.75. The Bertz CT molecular complexity index is 621. The predicted octanol–water partition coefficient (Wildman–Crippen LogP) is 2.64. The number of hydrogen-bond donors (Lipinski definition) is 0. The molecule has 0 unspecified atom stereocenters. The summed E-state index contributed by atoms with van der Waals surface area (Å²) < 4.78 is 0. The molecule has 0 saturated carbocycles. The van der Waals surface area contributed by atoms with Crippen LogP contribution in [0.4, 0.5) is 5.69 Å². The Morgan fingerprint density at radius 3 is 2.32 bits per heavy atom. The highest BCUT2D eigenvalue weighted by molar-refractivity contribution is 6.30. The second-order valence-electron chi connectivity index (χ2n) is 6.80. The van der Waals surface area contributed by atoms with Gasteiger partial charge < -0.3 is 14.7 Å². The SMILES string of the molecule is CCC(=O)N1CCC(C(=O)N2CCN(c3cccc(Cl)c3)CC2)CC1. The molecule has 0 bridgehead atoms. The third-order valence-electron chi connectivity index (χ3n) is 5.26. The van der Waals surface area contributed by atoms with Gasteiger partial charge in [-0.2, -0.15) is 0 Å². The number of nitrogens with zero attached hydrogens (tertiary/aromatic N) is 3. The van der Waals surface area contributed by atoms with Crippen LogP contribution in [-0.2, 0) is 9.59 Å². The number of piperidine rings is 1. The third kappa shape index (κ3) is 4.27. The minimum absolute atomic E-state index is 0.0682. The van der Waals surface area contributed by atoms with Crippen LogP contribution in [0, 0.1) is 5.92 Å². The van der Waals surface area contributed by atoms with Gasteiger partial charge >= 0.3 is 0 Å². The summed E-state index contributed by atoms with van der Waals surface area (Å²) >= 11 is 6.07. The Morgan fingerprint density at radius 2 is 1.72 bits per heavy atom. The van der Waals surface area contributed by atoms with Gasteiger partial charge in [-0.3, -0.25) is 9.59 Å². The molecule has 2 aliphatic rings. The average Bonchev–Trinajstić information content (AvgIpc) is 2.67. The fourth-order valence-corrected chi connectivity index (χ4v) is 3.90. The topological polar surface area (TPSA) is 43.9 Å². The smallest absolute Gasteiger partial charge is 0.225 e. The van der Waals surface area contributed by atoms with Crippen molar-refractivity contribution in [3.8, 4) is 0 Å². The number of carbonyl (C=O) groups is 2. The van der Waals surface area contributed by atoms with E-state index in [9.17, 15) is 9.59 Å². The van der Waals surface area contributed by atoms with E-state index in [2.05, 4.69) is 11.0 Å². The molecule has 0 N–H and O–H groups in total. The summed E-state index contributed by atoms with van der Waals surface area (Å²) in [4.78, 5) is 30.7. The van der Waals surface area contributed by atoms with Crippen LogP contribution in [0.25, 0.3) is 0 Å². The normalized spacial score (nSPS) is 19.2. The van der Waals surface area contributed by atoms with Crippen molar-refractivity contribution in [3.05, 3.63) is 29.3 Å². The summed E-state index contributed by atoms with van der Waals surface area (Å²) in [6.07, 6.45) is 2.13. The standard InChI is InChI=1S/C19H26ClN3O2/c1-2-18(24)22-8-6-15(7-9-22)19(25)23-12-10-21(11-13-23)17-5-3-4-16(20)14-17/h3-5,14-15H,2,6-13H2,1H3. The molecule has 2 fully saturated rings. The van der Waals surface area contributed by atoms with Crippen LogP contribution < -0.4 is 4.90 Å². The first-order chi connectivity index (χ1) is 12.1. The summed E-state index contributed by atoms with van der Waals surface area (Å²) in [5.41, 5.74) is 1.12. The Morgan fingerprint density at radius 1 is 1.04 bits per heavy atom. The van der Waals surface area contributed by atoms with Gasteiger partial charge in [0.2, 0.25) is 11.8 Å². The van der Waals surface area contributed by atoms with Crippen molar-refractivity contribution in [2.75, 3.05) is 44.2 Å². The minimum atomic E-state index is 0.0682. The molecule has 2 heterocycles. The first-order valence-corrected chi connectivity index (χ1v) is 9.53. The van der Waals surface area contributed by atoms with Gasteiger partial charge in [0.05, 0.1) is 0 Å². The molecule has 0 atom stereocenters. The molecule has 0 spiro atoms. The quantitative estimate of drug-likeness (QED) is 0.829. The number of carbonyl (C=O) groups excluding carboxylic acids is 2. The molecule has 2 aliphatic heterocycles. The lowest BCUT2D eigenvalue weighted by molar-refractivity contribution is -0.140. The number of benzene rings is 1. The molecular weight excluding hydrogens is 338 g/mol. The van der Waals surface area contributed by atoms with Gasteiger partial charge in [-0.1, -0.05) is 24.6 Å². The monoisotopic (exact) mass is 363 g/mol. The molecule has 1 aromatic carbocycles. The van der Waals surface area contributed by atoms with E-state index in [-0.39, 0.29) is 17.7 Å². The summed E-state index contributed by atoms with van der Waals surface area (Å²) in [5, 5.41) is 0.740. The number of piperazine rings is 1. The molecular formula is C19H26ClN3O2. The average molecular weight is 364 g/mol. The molecule has 5 nitrogen and oxygen atoms in total. The molecule has 2 amide bonds. The van der Waals surface area contributed by atoms with Crippen molar-refractivity contribution < 1.29 is 9.59 Å². The van der Waals surface area contributed by atoms with Gasteiger partial charge in [-0.15, -0.1) is 0 Å². The Balaban J connectivity index is 1.50. The lowest BCUT2D eigenvalue weighted by Gasteiger charge is -2.39. The molecule has 0 aromatic heterocycles. The minimum Gasteiger partial charge on any atom is -0.368 e. The number of halogens is 1. The van der Waals surface area contributed by atoms with Crippen molar-refractivity contribution in [2.45, 2.75) is 26.2 Å². The van der Waals surface area contributed by atoms with Crippen molar-refractivity contribution in [2.24, 2.45) is 5.92 Å². The van der Waals surface area contributed by atoms with Crippen molar-refractivity contribution in [3.63, 3.8) is 0 Å². The van der Waals surface area contributed by atoms with Gasteiger partial charge in [-0.25, -0.2) is 0 Å². The molecule has 3 rings (SSSR count). The summed E-state index contributed by atoms with van der Waals surface area (Å²) in [7, 11) is 0. The first-order valence-electron chi connectivity index (χ1n) is 9.15. The molecule has 6 heteroatoms. The zero-order valence-electron chi connectivity index (χ0n) is 14.8. The second-order valence-corrected chi connectivity index (χ2v) is 7.24. The fraction of sp³-hybridized carbons (Fsp3) is 0.579. The molecule has 1 aromatic rings. The zero-order valence-corrected chi connectivity index (χ0v) is 15.5. The van der Waals surface area contributed by atoms with Crippen molar-refractivity contribution >= 4 is 29.1 Å². The second kappa shape index (κ2) is 8.09. The largest absolute Gasteiger partial charge is 0.368 e. The predicted molar refractivity (Wildman–Crippen MR) is 99.8 cm³/mol. The van der Waals surface area contributed by atoms with E-state index in [1.54, 1.807) is 0 Å². The van der Waals surface area contributed by atoms with E-state index >= 15 is 0 Å². The maximum absolute atomic E-state index is 12.8. The lowest BCUT2D eigenvalue weighted by Crippen LogP contribution is -2.52. The van der Waals surface area contributed by atoms with E-state index in [0.717, 1.165) is 49.7 Å². The van der Waals surface area contributed by atoms with Crippen LogP contribution in [0.15, 0.2) is 24.3 Å². The molecule has 25 heavy (non-hydrogen) atoms. The van der Waals surface area contributed by atoms with Crippen molar-refractivity contribution in [1.82, 2.24) is 9.80 Å². The van der Waals surface area contributed by atoms with E-state index in [0.29, 0.717) is 19.5 Å². The van der Waals surface area contributed by atoms with E-state index in [1.807, 2.05) is 34.9 Å². The molecule has 2 saturated heterocycles. The highest BCUT2D eigenvalue weighted by atomic mass is 35.5.